The van der Waals surface area contributed by atoms with Crippen molar-refractivity contribution < 1.29 is 24.3 Å². The van der Waals surface area contributed by atoms with Gasteiger partial charge in [0.25, 0.3) is 0 Å². The maximum absolute atomic E-state index is 13.0. The molecule has 3 amide bonds. The number of thiol groups is 1. The van der Waals surface area contributed by atoms with Gasteiger partial charge in [-0.1, -0.05) is 0 Å². The molecule has 0 spiro atoms. The van der Waals surface area contributed by atoms with E-state index in [2.05, 4.69) is 28.6 Å². The summed E-state index contributed by atoms with van der Waals surface area (Å²) >= 11 is 5.51. The lowest BCUT2D eigenvalue weighted by atomic mass is 10.0. The first kappa shape index (κ1) is 31.5. The van der Waals surface area contributed by atoms with Crippen LogP contribution in [0.25, 0.3) is 0 Å². The number of carboxylic acid groups (broad SMARTS) is 1. The highest BCUT2D eigenvalue weighted by Crippen LogP contribution is 2.07. The lowest BCUT2D eigenvalue weighted by Crippen LogP contribution is -2.57. The first-order valence-corrected chi connectivity index (χ1v) is 13.1. The Morgan fingerprint density at radius 2 is 1.27 bits per heavy atom. The van der Waals surface area contributed by atoms with Crippen molar-refractivity contribution in [2.24, 2.45) is 17.2 Å². The molecule has 11 nitrogen and oxygen atoms in total. The average molecular weight is 509 g/mol. The molecule has 0 saturated heterocycles. The second-order valence-electron chi connectivity index (χ2n) is 7.66. The third-order valence-corrected chi connectivity index (χ3v) is 5.94. The minimum atomic E-state index is -1.23. The van der Waals surface area contributed by atoms with Gasteiger partial charge in [0, 0.05) is 5.75 Å². The molecule has 13 heteroatoms. The summed E-state index contributed by atoms with van der Waals surface area (Å²) in [5.41, 5.74) is 17.0. The number of rotatable bonds is 19. The Labute approximate surface area is 205 Å². The summed E-state index contributed by atoms with van der Waals surface area (Å²) in [6.45, 7) is 0.863. The Morgan fingerprint density at radius 3 is 1.67 bits per heavy atom. The number of nitrogens with two attached hydrogens (primary N) is 3. The van der Waals surface area contributed by atoms with Gasteiger partial charge in [-0.15, -0.1) is 0 Å². The second-order valence-corrected chi connectivity index (χ2v) is 9.01. The van der Waals surface area contributed by atoms with Gasteiger partial charge in [0.05, 0.1) is 6.04 Å². The molecule has 0 bridgehead atoms. The largest absolute Gasteiger partial charge is 0.480 e. The second kappa shape index (κ2) is 18.8. The fourth-order valence-corrected chi connectivity index (χ4v) is 3.65. The quantitative estimate of drug-likeness (QED) is 0.0778. The number of thioether (sulfide) groups is 1. The van der Waals surface area contributed by atoms with Crippen molar-refractivity contribution in [1.82, 2.24) is 16.0 Å². The number of carboxylic acids is 1. The first-order valence-electron chi connectivity index (χ1n) is 11.1. The van der Waals surface area contributed by atoms with E-state index < -0.39 is 47.9 Å². The molecule has 10 N–H and O–H groups in total. The molecule has 4 atom stereocenters. The Hall–Kier alpha value is -1.54. The molecular weight excluding hydrogens is 468 g/mol. The van der Waals surface area contributed by atoms with Gasteiger partial charge in [-0.2, -0.15) is 24.4 Å². The van der Waals surface area contributed by atoms with Crippen LogP contribution in [0.2, 0.25) is 0 Å². The molecular formula is C20H40N6O5S2. The Kier molecular flexibility index (Phi) is 18.0. The summed E-state index contributed by atoms with van der Waals surface area (Å²) in [5, 5.41) is 16.9. The lowest BCUT2D eigenvalue weighted by molar-refractivity contribution is -0.141. The van der Waals surface area contributed by atoms with E-state index >= 15 is 0 Å². The molecule has 0 aromatic carbocycles. The van der Waals surface area contributed by atoms with Gasteiger partial charge in [0.1, 0.15) is 18.1 Å². The average Bonchev–Trinajstić information content (AvgIpc) is 2.79. The summed E-state index contributed by atoms with van der Waals surface area (Å²) < 4.78 is 0. The Bertz CT molecular complexity index is 613. The molecule has 0 radical (unpaired) electrons. The number of hydrogen-bond acceptors (Lipinski definition) is 9. The minimum absolute atomic E-state index is 0.101. The van der Waals surface area contributed by atoms with Crippen LogP contribution in [-0.4, -0.2) is 83.8 Å². The molecule has 33 heavy (non-hydrogen) atoms. The van der Waals surface area contributed by atoms with Gasteiger partial charge in [-0.05, 0) is 70.0 Å². The van der Waals surface area contributed by atoms with E-state index in [-0.39, 0.29) is 12.2 Å². The van der Waals surface area contributed by atoms with E-state index in [1.165, 1.54) is 0 Å². The third-order valence-electron chi connectivity index (χ3n) is 4.93. The third kappa shape index (κ3) is 13.7. The Morgan fingerprint density at radius 1 is 0.818 bits per heavy atom. The molecule has 0 aliphatic rings. The van der Waals surface area contributed by atoms with Crippen LogP contribution in [0.5, 0.6) is 0 Å². The summed E-state index contributed by atoms with van der Waals surface area (Å²) in [4.78, 5) is 49.4. The van der Waals surface area contributed by atoms with Crippen molar-refractivity contribution in [3.63, 3.8) is 0 Å². The monoisotopic (exact) mass is 508 g/mol. The van der Waals surface area contributed by atoms with Gasteiger partial charge in [0.15, 0.2) is 0 Å². The fraction of sp³-hybridized carbons (Fsp3) is 0.800. The van der Waals surface area contributed by atoms with Crippen LogP contribution in [0.4, 0.5) is 0 Å². The molecule has 0 aliphatic carbocycles. The predicted molar refractivity (Wildman–Crippen MR) is 134 cm³/mol. The molecule has 0 aromatic rings. The first-order chi connectivity index (χ1) is 15.7. The number of carbonyl (C=O) groups is 4. The van der Waals surface area contributed by atoms with Gasteiger partial charge in [-0.3, -0.25) is 14.4 Å². The van der Waals surface area contributed by atoms with E-state index in [1.54, 1.807) is 11.8 Å². The van der Waals surface area contributed by atoms with Crippen molar-refractivity contribution in [1.29, 1.82) is 0 Å². The standard InChI is InChI=1S/C20H40N6O5S2/c1-33-11-8-13(23)17(27)24-14(6-2-4-9-21)18(28)25-15(7-3-5-10-22)19(29)26-16(12-32)20(30)31/h13-16,32H,2-12,21-23H2,1H3,(H,24,27)(H,25,28)(H,26,29)(H,30,31). The van der Waals surface area contributed by atoms with Gasteiger partial charge in [0.2, 0.25) is 17.7 Å². The highest BCUT2D eigenvalue weighted by atomic mass is 32.2. The molecule has 4 unspecified atom stereocenters. The zero-order valence-electron chi connectivity index (χ0n) is 19.3. The van der Waals surface area contributed by atoms with E-state index in [4.69, 9.17) is 17.2 Å². The fourth-order valence-electron chi connectivity index (χ4n) is 2.91. The maximum Gasteiger partial charge on any atom is 0.327 e. The zero-order valence-corrected chi connectivity index (χ0v) is 21.0. The van der Waals surface area contributed by atoms with Crippen LogP contribution in [0, 0.1) is 0 Å². The minimum Gasteiger partial charge on any atom is -0.480 e. The number of unbranched alkanes of at least 4 members (excludes halogenated alkanes) is 2. The zero-order chi connectivity index (χ0) is 25.2. The maximum atomic E-state index is 13.0. The highest BCUT2D eigenvalue weighted by molar-refractivity contribution is 7.98. The number of amides is 3. The molecule has 0 fully saturated rings. The summed E-state index contributed by atoms with van der Waals surface area (Å²) in [6.07, 6.45) is 5.42. The van der Waals surface area contributed by atoms with Crippen molar-refractivity contribution in [3.05, 3.63) is 0 Å². The van der Waals surface area contributed by atoms with Crippen molar-refractivity contribution >= 4 is 48.1 Å². The van der Waals surface area contributed by atoms with Crippen LogP contribution in [0.3, 0.4) is 0 Å². The van der Waals surface area contributed by atoms with Gasteiger partial charge in [-0.25, -0.2) is 4.79 Å². The van der Waals surface area contributed by atoms with Crippen molar-refractivity contribution in [2.75, 3.05) is 30.9 Å². The molecule has 0 aliphatic heterocycles. The van der Waals surface area contributed by atoms with Gasteiger partial charge < -0.3 is 38.3 Å². The number of aliphatic carboxylic acids is 1. The number of carbonyl (C=O) groups excluding carboxylic acids is 3. The molecule has 0 aromatic heterocycles. The number of nitrogens with one attached hydrogen (secondary N) is 3. The summed E-state index contributed by atoms with van der Waals surface area (Å²) in [5.74, 6) is -2.24. The SMILES string of the molecule is CSCCC(N)C(=O)NC(CCCCN)C(=O)NC(CCCCN)C(=O)NC(CS)C(=O)O. The van der Waals surface area contributed by atoms with Crippen LogP contribution >= 0.6 is 24.4 Å². The van der Waals surface area contributed by atoms with Crippen LogP contribution in [-0.2, 0) is 19.2 Å². The molecule has 0 saturated carbocycles. The van der Waals surface area contributed by atoms with Crippen LogP contribution in [0.1, 0.15) is 44.9 Å². The smallest absolute Gasteiger partial charge is 0.327 e. The molecule has 0 rings (SSSR count). The van der Waals surface area contributed by atoms with Gasteiger partial charge >= 0.3 is 5.97 Å². The van der Waals surface area contributed by atoms with E-state index in [0.29, 0.717) is 57.4 Å². The summed E-state index contributed by atoms with van der Waals surface area (Å²) in [7, 11) is 0. The lowest BCUT2D eigenvalue weighted by Gasteiger charge is -2.25. The Balaban J connectivity index is 5.36. The van der Waals surface area contributed by atoms with Crippen LogP contribution in [0.15, 0.2) is 0 Å². The predicted octanol–water partition coefficient (Wildman–Crippen LogP) is -1.21. The van der Waals surface area contributed by atoms with E-state index in [9.17, 15) is 24.3 Å². The molecule has 192 valence electrons. The highest BCUT2D eigenvalue weighted by Gasteiger charge is 2.29. The summed E-state index contributed by atoms with van der Waals surface area (Å²) in [6, 6.07) is -3.82. The van der Waals surface area contributed by atoms with E-state index in [0.717, 1.165) is 0 Å². The topological polar surface area (TPSA) is 203 Å². The number of hydrogen-bond donors (Lipinski definition) is 8. The molecule has 0 heterocycles. The van der Waals surface area contributed by atoms with Crippen molar-refractivity contribution in [2.45, 2.75) is 69.1 Å². The van der Waals surface area contributed by atoms with Crippen LogP contribution < -0.4 is 33.2 Å². The van der Waals surface area contributed by atoms with E-state index in [1.807, 2.05) is 6.26 Å². The van der Waals surface area contributed by atoms with Crippen molar-refractivity contribution in [3.8, 4) is 0 Å². The normalized spacial score (nSPS) is 14.6.